The quantitative estimate of drug-likeness (QED) is 0.0544. The Balaban J connectivity index is 0.000000138. The molecule has 0 N–H and O–H groups in total. The number of anilines is 2. The number of carbonyl (C=O) groups is 3. The number of carbonyl (C=O) groups excluding carboxylic acids is 3. The Kier molecular flexibility index (Phi) is 22.7. The van der Waals surface area contributed by atoms with Crippen LogP contribution in [0.5, 0.6) is 5.75 Å². The van der Waals surface area contributed by atoms with Crippen LogP contribution in [0.2, 0.25) is 0 Å². The zero-order valence-electron chi connectivity index (χ0n) is 53.5. The molecular formula is C71H77FN14O8. The summed E-state index contributed by atoms with van der Waals surface area (Å²) < 4.78 is 44.3. The molecule has 0 unspecified atom stereocenters. The van der Waals surface area contributed by atoms with Crippen molar-refractivity contribution in [3.05, 3.63) is 262 Å². The summed E-state index contributed by atoms with van der Waals surface area (Å²) in [5.74, 6) is 3.57. The van der Waals surface area contributed by atoms with Crippen LogP contribution in [0.4, 0.5) is 15.8 Å². The van der Waals surface area contributed by atoms with Crippen molar-refractivity contribution in [2.24, 2.45) is 7.05 Å². The molecule has 0 bridgehead atoms. The highest BCUT2D eigenvalue weighted by Gasteiger charge is 2.31. The number of aromatic nitrogens is 11. The molecule has 0 saturated heterocycles. The van der Waals surface area contributed by atoms with E-state index < -0.39 is 0 Å². The molecule has 13 rings (SSSR count). The maximum absolute atomic E-state index is 13.1. The van der Waals surface area contributed by atoms with Crippen LogP contribution in [0.25, 0.3) is 5.52 Å². The van der Waals surface area contributed by atoms with E-state index in [0.29, 0.717) is 87.5 Å². The van der Waals surface area contributed by atoms with E-state index in [9.17, 15) is 23.6 Å². The predicted octanol–water partition coefficient (Wildman–Crippen LogP) is 11.7. The van der Waals surface area contributed by atoms with Gasteiger partial charge in [0.2, 0.25) is 5.82 Å². The first-order chi connectivity index (χ1) is 45.9. The van der Waals surface area contributed by atoms with Gasteiger partial charge in [-0.15, -0.1) is 0 Å². The summed E-state index contributed by atoms with van der Waals surface area (Å²) in [6.45, 7) is 12.9. The Hall–Kier alpha value is -11.0. The van der Waals surface area contributed by atoms with Crippen LogP contribution in [0.3, 0.4) is 0 Å². The second-order valence-corrected chi connectivity index (χ2v) is 22.0. The van der Waals surface area contributed by atoms with Crippen molar-refractivity contribution in [2.45, 2.75) is 112 Å². The minimum atomic E-state index is -0.335. The van der Waals surface area contributed by atoms with Crippen LogP contribution in [-0.4, -0.2) is 95.7 Å². The molecule has 0 atom stereocenters. The minimum Gasteiger partial charge on any atom is -0.492 e. The number of hydrogen-bond acceptors (Lipinski definition) is 14. The summed E-state index contributed by atoms with van der Waals surface area (Å²) >= 11 is 0. The van der Waals surface area contributed by atoms with Gasteiger partial charge in [0.25, 0.3) is 23.3 Å². The van der Waals surface area contributed by atoms with E-state index in [4.69, 9.17) is 18.9 Å². The maximum atomic E-state index is 13.1. The van der Waals surface area contributed by atoms with E-state index >= 15 is 0 Å². The number of ether oxygens (including phenoxy) is 4. The molecule has 23 heteroatoms. The molecule has 9 heterocycles. The van der Waals surface area contributed by atoms with Crippen LogP contribution >= 0.6 is 0 Å². The second-order valence-electron chi connectivity index (χ2n) is 22.0. The lowest BCUT2D eigenvalue weighted by molar-refractivity contribution is 0.0759. The molecule has 486 valence electrons. The van der Waals surface area contributed by atoms with Crippen molar-refractivity contribution in [3.8, 4) is 5.75 Å². The Bertz CT molecular complexity index is 4240. The van der Waals surface area contributed by atoms with Gasteiger partial charge in [-0.05, 0) is 137 Å². The van der Waals surface area contributed by atoms with Crippen molar-refractivity contribution in [2.75, 3.05) is 29.4 Å². The fourth-order valence-corrected chi connectivity index (χ4v) is 10.6. The van der Waals surface area contributed by atoms with Gasteiger partial charge in [0.15, 0.2) is 5.82 Å². The van der Waals surface area contributed by atoms with Crippen molar-refractivity contribution in [1.29, 1.82) is 0 Å². The van der Waals surface area contributed by atoms with E-state index in [1.165, 1.54) is 16.7 Å². The number of benzene rings is 2. The van der Waals surface area contributed by atoms with Crippen LogP contribution < -0.4 is 20.1 Å². The van der Waals surface area contributed by atoms with Crippen molar-refractivity contribution in [1.82, 2.24) is 58.4 Å². The average molecular weight is 1270 g/mol. The molecule has 6 aromatic heterocycles. The van der Waals surface area contributed by atoms with Gasteiger partial charge >= 0.3 is 0 Å². The number of aryl methyl sites for hydroxylation is 1. The smallest absolute Gasteiger partial charge is 0.295 e. The van der Waals surface area contributed by atoms with E-state index in [1.807, 2.05) is 135 Å². The molecule has 0 radical (unpaired) electrons. The van der Waals surface area contributed by atoms with Crippen molar-refractivity contribution < 1.29 is 37.7 Å². The second kappa shape index (κ2) is 32.4. The van der Waals surface area contributed by atoms with Gasteiger partial charge in [-0.3, -0.25) is 33.5 Å². The summed E-state index contributed by atoms with van der Waals surface area (Å²) in [5, 5.41) is 17.7. The van der Waals surface area contributed by atoms with Gasteiger partial charge in [0.1, 0.15) is 77.7 Å². The molecule has 94 heavy (non-hydrogen) atoms. The number of amides is 3. The lowest BCUT2D eigenvalue weighted by atomic mass is 10.2. The number of allylic oxidation sites excluding steroid dienone is 14. The van der Waals surface area contributed by atoms with E-state index in [1.54, 1.807) is 78.4 Å². The van der Waals surface area contributed by atoms with E-state index in [2.05, 4.69) is 55.5 Å². The number of fused-ring (bicyclic) bond motifs is 4. The number of para-hydroxylation sites is 1. The number of nitrogens with zero attached hydrogens (tertiary/aromatic N) is 14. The Morgan fingerprint density at radius 3 is 1.86 bits per heavy atom. The van der Waals surface area contributed by atoms with Gasteiger partial charge in [-0.25, -0.2) is 18.6 Å². The Morgan fingerprint density at radius 2 is 1.23 bits per heavy atom. The average Bonchev–Trinajstić information content (AvgIpc) is 1.26. The third-order valence-corrected chi connectivity index (χ3v) is 15.3. The van der Waals surface area contributed by atoms with Crippen LogP contribution in [0, 0.1) is 5.82 Å². The molecule has 22 nitrogen and oxygen atoms in total. The molecule has 0 saturated carbocycles. The largest absolute Gasteiger partial charge is 0.492 e. The molecule has 3 aliphatic heterocycles. The predicted molar refractivity (Wildman–Crippen MR) is 354 cm³/mol. The van der Waals surface area contributed by atoms with E-state index in [0.717, 1.165) is 90.0 Å². The fraction of sp³-hybridized carbons (Fsp3) is 0.296. The molecule has 5 aliphatic rings. The lowest BCUT2D eigenvalue weighted by Crippen LogP contribution is -2.40. The monoisotopic (exact) mass is 1270 g/mol. The summed E-state index contributed by atoms with van der Waals surface area (Å²) in [5.41, 5.74) is 6.48. The minimum absolute atomic E-state index is 0.0152. The molecule has 3 amide bonds. The summed E-state index contributed by atoms with van der Waals surface area (Å²) in [6, 6.07) is 24.6. The van der Waals surface area contributed by atoms with E-state index in [-0.39, 0.29) is 41.5 Å². The van der Waals surface area contributed by atoms with Crippen LogP contribution in [0.15, 0.2) is 210 Å². The fourth-order valence-electron chi connectivity index (χ4n) is 10.6. The first-order valence-corrected chi connectivity index (χ1v) is 31.6. The summed E-state index contributed by atoms with van der Waals surface area (Å²) in [6.07, 6.45) is 36.5. The Labute approximate surface area is 544 Å². The zero-order chi connectivity index (χ0) is 65.8. The molecule has 0 spiro atoms. The summed E-state index contributed by atoms with van der Waals surface area (Å²) in [7, 11) is 1.73. The summed E-state index contributed by atoms with van der Waals surface area (Å²) in [4.78, 5) is 63.6. The lowest BCUT2D eigenvalue weighted by Gasteiger charge is -2.28. The first kappa shape index (κ1) is 66.0. The highest BCUT2D eigenvalue weighted by atomic mass is 19.1. The maximum Gasteiger partial charge on any atom is 0.295 e. The molecule has 8 aromatic rings. The van der Waals surface area contributed by atoms with Crippen molar-refractivity contribution >= 4 is 34.6 Å². The molecular weight excluding hydrogens is 1200 g/mol. The molecule has 0 fully saturated rings. The third kappa shape index (κ3) is 16.9. The molecule has 2 aromatic carbocycles. The standard InChI is InChI=1S/C20H23N3O2.C19H21FN4O2.C18H18N4O2.C14H15N3O2/c1-3-5-9-17(4-2)22-12-13-23-19(20(22)24)14-16(21-23)15-25-18-10-7-6-8-11-18;1-3-5-16(6-4-2)26-13-17-21-18-19(25)23(11-12-24(18)22-17)15-9-7-14(20)8-10-15;23-18-17-12-14(13-24-16-4-2-1-3-5-16)20-22(17)11-10-21(18)15-6-8-19-9-7-15;1-16-7-8-17-13(14(16)18)9-11(15-17)10-19-12-5-3-2-4-6-12/h4-11,14H,3,12-13,15H2,1-2H3;3,5-10H,4,11-13H2,1-2H3;1-2,4,6-9,12H,3,5,10-11,13H2;2-3,5,7-9H,4,6,10H2,1H3/b9-5-,17-4+;5-3-,16-6+;;. The number of pyridine rings is 1. The van der Waals surface area contributed by atoms with Crippen molar-refractivity contribution in [3.63, 3.8) is 0 Å². The molecule has 2 aliphatic carbocycles. The number of rotatable bonds is 19. The van der Waals surface area contributed by atoms with Gasteiger partial charge in [-0.1, -0.05) is 74.6 Å². The van der Waals surface area contributed by atoms with Crippen LogP contribution in [-0.2, 0) is 67.3 Å². The highest BCUT2D eigenvalue weighted by molar-refractivity contribution is 6.06. The normalized spacial score (nSPS) is 15.3. The number of hydrogen-bond donors (Lipinski definition) is 0. The Morgan fingerprint density at radius 1 is 0.617 bits per heavy atom. The highest BCUT2D eigenvalue weighted by Crippen LogP contribution is 2.25. The first-order valence-electron chi connectivity index (χ1n) is 31.6. The van der Waals surface area contributed by atoms with Gasteiger partial charge < -0.3 is 38.2 Å². The van der Waals surface area contributed by atoms with Gasteiger partial charge in [-0.2, -0.15) is 20.4 Å². The van der Waals surface area contributed by atoms with Crippen LogP contribution in [0.1, 0.15) is 121 Å². The third-order valence-electron chi connectivity index (χ3n) is 15.3. The topological polar surface area (TPSA) is 216 Å². The SMILES string of the molecule is C/C=C(\C=C/CC)N1CCn2nc(COc3ccccc3)cc2C1=O.C/C=C\C(=C/CC)OCc1nc2n(n1)CCN(c1ccc(F)cc1)C2=O.Cn1ccn2nc(COC3=CC=CCC3)cc2c1=O.O=C1c2cc(COC3=CC=CCC3)nn2CCN1c1ccncc1. The number of halogens is 1. The zero-order valence-corrected chi connectivity index (χ0v) is 53.5. The van der Waals surface area contributed by atoms with Gasteiger partial charge in [0, 0.05) is 81.4 Å². The van der Waals surface area contributed by atoms with Gasteiger partial charge in [0.05, 0.1) is 31.2 Å².